The van der Waals surface area contributed by atoms with Crippen molar-refractivity contribution < 1.29 is 32.5 Å². The number of halogens is 4. The van der Waals surface area contributed by atoms with Gasteiger partial charge in [0.15, 0.2) is 17.1 Å². The fourth-order valence-corrected chi connectivity index (χ4v) is 1.96. The predicted molar refractivity (Wildman–Crippen MR) is 66.7 cm³/mol. The Labute approximate surface area is 119 Å². The van der Waals surface area contributed by atoms with Crippen LogP contribution in [-0.2, 0) is 5.60 Å². The number of rotatable bonds is 4. The fraction of sp³-hybridized carbons (Fsp3) is 0.500. The summed E-state index contributed by atoms with van der Waals surface area (Å²) >= 11 is 5.86. The summed E-state index contributed by atoms with van der Waals surface area (Å²) in [5, 5.41) is 9.65. The Bertz CT molecular complexity index is 500. The maximum absolute atomic E-state index is 13.0. The average molecular weight is 315 g/mol. The topological polar surface area (TPSA) is 47.9 Å². The number of aliphatic hydroxyl groups is 1. The molecule has 1 aromatic rings. The monoisotopic (exact) mass is 314 g/mol. The SMILES string of the molecule is COc1c(Cl)cc(C(C)(O)C(F)(F)F)c(OC)c1OC. The molecule has 0 saturated carbocycles. The molecule has 4 nitrogen and oxygen atoms in total. The molecule has 0 aromatic heterocycles. The molecule has 0 spiro atoms. The van der Waals surface area contributed by atoms with Crippen molar-refractivity contribution in [2.24, 2.45) is 0 Å². The molecule has 8 heteroatoms. The van der Waals surface area contributed by atoms with Crippen molar-refractivity contribution in [1.29, 1.82) is 0 Å². The van der Waals surface area contributed by atoms with Crippen molar-refractivity contribution in [3.8, 4) is 17.2 Å². The van der Waals surface area contributed by atoms with Gasteiger partial charge in [-0.2, -0.15) is 13.2 Å². The lowest BCUT2D eigenvalue weighted by molar-refractivity contribution is -0.259. The van der Waals surface area contributed by atoms with Gasteiger partial charge in [0, 0.05) is 5.56 Å². The van der Waals surface area contributed by atoms with Crippen LogP contribution in [0.1, 0.15) is 12.5 Å². The Morgan fingerprint density at radius 1 is 1.00 bits per heavy atom. The summed E-state index contributed by atoms with van der Waals surface area (Å²) in [4.78, 5) is 0. The first-order valence-electron chi connectivity index (χ1n) is 5.39. The molecule has 0 bridgehead atoms. The summed E-state index contributed by atoms with van der Waals surface area (Å²) in [5.74, 6) is -0.397. The van der Waals surface area contributed by atoms with E-state index >= 15 is 0 Å². The molecule has 0 fully saturated rings. The predicted octanol–water partition coefficient (Wildman–Crippen LogP) is 3.14. The summed E-state index contributed by atoms with van der Waals surface area (Å²) < 4.78 is 53.8. The van der Waals surface area contributed by atoms with Crippen LogP contribution in [0, 0.1) is 0 Å². The van der Waals surface area contributed by atoms with E-state index in [2.05, 4.69) is 0 Å². The quantitative estimate of drug-likeness (QED) is 0.927. The molecule has 0 radical (unpaired) electrons. The molecule has 0 amide bonds. The first-order valence-corrected chi connectivity index (χ1v) is 5.77. The first kappa shape index (κ1) is 16.7. The summed E-state index contributed by atoms with van der Waals surface area (Å²) in [6, 6.07) is 0.940. The molecule has 20 heavy (non-hydrogen) atoms. The van der Waals surface area contributed by atoms with Crippen LogP contribution < -0.4 is 14.2 Å². The number of benzene rings is 1. The van der Waals surface area contributed by atoms with Gasteiger partial charge in [-0.15, -0.1) is 0 Å². The Hall–Kier alpha value is -1.34. The molecule has 0 heterocycles. The van der Waals surface area contributed by atoms with Crippen LogP contribution in [0.15, 0.2) is 6.07 Å². The highest BCUT2D eigenvalue weighted by atomic mass is 35.5. The van der Waals surface area contributed by atoms with Crippen LogP contribution in [-0.4, -0.2) is 32.6 Å². The Balaban J connectivity index is 3.69. The summed E-state index contributed by atoms with van der Waals surface area (Å²) in [5.41, 5.74) is -3.71. The third-order valence-electron chi connectivity index (χ3n) is 2.83. The zero-order valence-corrected chi connectivity index (χ0v) is 12.0. The van der Waals surface area contributed by atoms with E-state index in [9.17, 15) is 18.3 Å². The largest absolute Gasteiger partial charge is 0.492 e. The highest BCUT2D eigenvalue weighted by Gasteiger charge is 2.53. The van der Waals surface area contributed by atoms with Crippen molar-refractivity contribution in [2.45, 2.75) is 18.7 Å². The highest BCUT2D eigenvalue weighted by molar-refractivity contribution is 6.32. The third kappa shape index (κ3) is 2.60. The lowest BCUT2D eigenvalue weighted by Gasteiger charge is -2.29. The van der Waals surface area contributed by atoms with Crippen LogP contribution in [0.2, 0.25) is 5.02 Å². The van der Waals surface area contributed by atoms with E-state index in [1.165, 1.54) is 14.2 Å². The second-order valence-electron chi connectivity index (χ2n) is 4.08. The van der Waals surface area contributed by atoms with Crippen LogP contribution >= 0.6 is 11.6 Å². The molecular formula is C12H14ClF3O4. The van der Waals surface area contributed by atoms with Crippen LogP contribution in [0.4, 0.5) is 13.2 Å². The van der Waals surface area contributed by atoms with E-state index in [0.29, 0.717) is 6.92 Å². The van der Waals surface area contributed by atoms with Crippen LogP contribution in [0.3, 0.4) is 0 Å². The van der Waals surface area contributed by atoms with Gasteiger partial charge in [-0.25, -0.2) is 0 Å². The van der Waals surface area contributed by atoms with Gasteiger partial charge in [-0.3, -0.25) is 0 Å². The molecule has 114 valence electrons. The van der Waals surface area contributed by atoms with Gasteiger partial charge in [0.1, 0.15) is 0 Å². The van der Waals surface area contributed by atoms with Crippen molar-refractivity contribution >= 4 is 11.6 Å². The molecule has 1 unspecified atom stereocenters. The van der Waals surface area contributed by atoms with Crippen molar-refractivity contribution in [3.05, 3.63) is 16.7 Å². The lowest BCUT2D eigenvalue weighted by atomic mass is 9.93. The van der Waals surface area contributed by atoms with Gasteiger partial charge in [0.2, 0.25) is 5.75 Å². The maximum Gasteiger partial charge on any atom is 0.421 e. The van der Waals surface area contributed by atoms with Gasteiger partial charge in [0.25, 0.3) is 0 Å². The Morgan fingerprint density at radius 3 is 1.80 bits per heavy atom. The second kappa shape index (κ2) is 5.57. The lowest BCUT2D eigenvalue weighted by Crippen LogP contribution is -2.39. The van der Waals surface area contributed by atoms with Gasteiger partial charge in [0.05, 0.1) is 26.4 Å². The van der Waals surface area contributed by atoms with E-state index in [-0.39, 0.29) is 22.3 Å². The van der Waals surface area contributed by atoms with Gasteiger partial charge in [-0.1, -0.05) is 11.6 Å². The van der Waals surface area contributed by atoms with Crippen molar-refractivity contribution in [1.82, 2.24) is 0 Å². The number of alkyl halides is 3. The summed E-state index contributed by atoms with van der Waals surface area (Å²) in [7, 11) is 3.66. The first-order chi connectivity index (χ1) is 9.11. The van der Waals surface area contributed by atoms with E-state index < -0.39 is 17.3 Å². The average Bonchev–Trinajstić information content (AvgIpc) is 2.35. The zero-order valence-electron chi connectivity index (χ0n) is 11.3. The molecule has 0 aliphatic carbocycles. The Kier molecular flexibility index (Phi) is 4.66. The fourth-order valence-electron chi connectivity index (χ4n) is 1.68. The van der Waals surface area contributed by atoms with Crippen LogP contribution in [0.5, 0.6) is 17.2 Å². The molecule has 1 atom stereocenters. The van der Waals surface area contributed by atoms with Crippen molar-refractivity contribution in [3.63, 3.8) is 0 Å². The number of methoxy groups -OCH3 is 3. The van der Waals surface area contributed by atoms with Gasteiger partial charge < -0.3 is 19.3 Å². The van der Waals surface area contributed by atoms with E-state index in [0.717, 1.165) is 13.2 Å². The molecule has 0 aliphatic heterocycles. The number of ether oxygens (including phenoxy) is 3. The number of hydrogen-bond donors (Lipinski definition) is 1. The summed E-state index contributed by atoms with van der Waals surface area (Å²) in [6.07, 6.45) is -4.91. The molecule has 1 aromatic carbocycles. The molecule has 0 aliphatic rings. The molecule has 1 N–H and O–H groups in total. The van der Waals surface area contributed by atoms with E-state index in [4.69, 9.17) is 25.8 Å². The maximum atomic E-state index is 13.0. The molecule has 0 saturated heterocycles. The minimum atomic E-state index is -4.91. The number of hydrogen-bond acceptors (Lipinski definition) is 4. The Morgan fingerprint density at radius 2 is 1.45 bits per heavy atom. The highest BCUT2D eigenvalue weighted by Crippen LogP contribution is 2.51. The standard InChI is InChI=1S/C12H14ClF3O4/c1-11(17,12(14,15)16)6-5-7(13)9(19-3)10(20-4)8(6)18-2/h5,17H,1-4H3. The summed E-state index contributed by atoms with van der Waals surface area (Å²) in [6.45, 7) is 0.604. The zero-order chi connectivity index (χ0) is 15.7. The van der Waals surface area contributed by atoms with Crippen LogP contribution in [0.25, 0.3) is 0 Å². The van der Waals surface area contributed by atoms with Gasteiger partial charge in [-0.05, 0) is 13.0 Å². The van der Waals surface area contributed by atoms with Crippen molar-refractivity contribution in [2.75, 3.05) is 21.3 Å². The normalized spacial score (nSPS) is 14.7. The molecule has 1 rings (SSSR count). The smallest absolute Gasteiger partial charge is 0.421 e. The van der Waals surface area contributed by atoms with E-state index in [1.807, 2.05) is 0 Å². The van der Waals surface area contributed by atoms with Gasteiger partial charge >= 0.3 is 6.18 Å². The second-order valence-corrected chi connectivity index (χ2v) is 4.48. The minimum Gasteiger partial charge on any atom is -0.492 e. The molecular weight excluding hydrogens is 301 g/mol. The third-order valence-corrected chi connectivity index (χ3v) is 3.11. The minimum absolute atomic E-state index is 0.0211. The van der Waals surface area contributed by atoms with E-state index in [1.54, 1.807) is 0 Å².